The Morgan fingerprint density at radius 3 is 2.94 bits per heavy atom. The second kappa shape index (κ2) is 7.08. The van der Waals surface area contributed by atoms with Gasteiger partial charge in [0.15, 0.2) is 6.73 Å². The predicted molar refractivity (Wildman–Crippen MR) is 118 cm³/mol. The minimum Gasteiger partial charge on any atom is -0.471 e. The molecular formula is C25H24N4O2. The van der Waals surface area contributed by atoms with E-state index < -0.39 is 0 Å². The van der Waals surface area contributed by atoms with Gasteiger partial charge in [0.1, 0.15) is 5.75 Å². The van der Waals surface area contributed by atoms with Crippen LogP contribution < -0.4 is 9.64 Å². The first-order chi connectivity index (χ1) is 15.2. The third kappa shape index (κ3) is 3.14. The standard InChI is InChI=1S/C25H24N4O2/c1-16-8-9-18(21-5-4-10-26-27-21)20(11-16)25(30)29-13-17-12-19(17)23(29)14-28-15-31-24-7-3-2-6-22(24)28/h2-11,17,19,23H,12-15H2,1H3. The number of carbonyl (C=O) groups is 1. The number of hydrogen-bond donors (Lipinski definition) is 0. The monoisotopic (exact) mass is 412 g/mol. The van der Waals surface area contributed by atoms with Crippen molar-refractivity contribution < 1.29 is 9.53 Å². The van der Waals surface area contributed by atoms with Crippen molar-refractivity contribution in [2.24, 2.45) is 11.8 Å². The van der Waals surface area contributed by atoms with E-state index in [-0.39, 0.29) is 11.9 Å². The number of benzene rings is 2. The quantitative estimate of drug-likeness (QED) is 0.653. The summed E-state index contributed by atoms with van der Waals surface area (Å²) in [5.41, 5.74) is 4.48. The number of anilines is 1. The van der Waals surface area contributed by atoms with Crippen LogP contribution in [0, 0.1) is 18.8 Å². The molecule has 1 saturated carbocycles. The lowest BCUT2D eigenvalue weighted by atomic mass is 9.99. The number of fused-ring (bicyclic) bond motifs is 2. The van der Waals surface area contributed by atoms with E-state index in [4.69, 9.17) is 4.74 Å². The molecule has 1 amide bonds. The molecule has 2 fully saturated rings. The summed E-state index contributed by atoms with van der Waals surface area (Å²) < 4.78 is 5.85. The van der Waals surface area contributed by atoms with Gasteiger partial charge in [-0.05, 0) is 55.5 Å². The number of aryl methyl sites for hydroxylation is 1. The van der Waals surface area contributed by atoms with Gasteiger partial charge in [-0.1, -0.05) is 29.8 Å². The first kappa shape index (κ1) is 18.4. The summed E-state index contributed by atoms with van der Waals surface area (Å²) in [6.07, 6.45) is 2.87. The molecule has 156 valence electrons. The van der Waals surface area contributed by atoms with Crippen LogP contribution in [0.5, 0.6) is 5.75 Å². The molecule has 3 heterocycles. The molecule has 3 unspecified atom stereocenters. The molecule has 0 radical (unpaired) electrons. The molecule has 6 rings (SSSR count). The third-order valence-corrected chi connectivity index (χ3v) is 6.81. The lowest BCUT2D eigenvalue weighted by Gasteiger charge is -2.31. The molecule has 31 heavy (non-hydrogen) atoms. The van der Waals surface area contributed by atoms with Crippen molar-refractivity contribution in [3.05, 3.63) is 71.9 Å². The van der Waals surface area contributed by atoms with Gasteiger partial charge in [0, 0.05) is 30.4 Å². The Labute approximate surface area is 181 Å². The fourth-order valence-corrected chi connectivity index (χ4v) is 5.13. The number of likely N-dealkylation sites (tertiary alicyclic amines) is 1. The Kier molecular flexibility index (Phi) is 4.19. The van der Waals surface area contributed by atoms with Gasteiger partial charge in [0.25, 0.3) is 5.91 Å². The zero-order valence-electron chi connectivity index (χ0n) is 17.4. The first-order valence-electron chi connectivity index (χ1n) is 10.9. The number of ether oxygens (including phenoxy) is 1. The zero-order chi connectivity index (χ0) is 20.9. The van der Waals surface area contributed by atoms with E-state index in [0.717, 1.165) is 41.3 Å². The van der Waals surface area contributed by atoms with Crippen LogP contribution in [0.25, 0.3) is 11.3 Å². The van der Waals surface area contributed by atoms with Crippen LogP contribution in [0.4, 0.5) is 5.69 Å². The molecule has 3 atom stereocenters. The highest BCUT2D eigenvalue weighted by Gasteiger charge is 2.54. The van der Waals surface area contributed by atoms with Crippen molar-refractivity contribution in [2.75, 3.05) is 24.7 Å². The van der Waals surface area contributed by atoms with Crippen molar-refractivity contribution in [3.63, 3.8) is 0 Å². The molecule has 1 aliphatic carbocycles. The van der Waals surface area contributed by atoms with Gasteiger partial charge >= 0.3 is 0 Å². The summed E-state index contributed by atoms with van der Waals surface area (Å²) in [6, 6.07) is 18.1. The molecule has 3 aromatic rings. The van der Waals surface area contributed by atoms with Crippen LogP contribution in [0.3, 0.4) is 0 Å². The molecule has 2 aromatic carbocycles. The van der Waals surface area contributed by atoms with Gasteiger partial charge in [-0.2, -0.15) is 10.2 Å². The zero-order valence-corrected chi connectivity index (χ0v) is 17.4. The second-order valence-electron chi connectivity index (χ2n) is 8.81. The Morgan fingerprint density at radius 2 is 2.06 bits per heavy atom. The number of nitrogens with zero attached hydrogens (tertiary/aromatic N) is 4. The molecule has 6 nitrogen and oxygen atoms in total. The Balaban J connectivity index is 1.31. The smallest absolute Gasteiger partial charge is 0.254 e. The molecule has 6 heteroatoms. The van der Waals surface area contributed by atoms with Gasteiger partial charge in [-0.3, -0.25) is 4.79 Å². The first-order valence-corrected chi connectivity index (χ1v) is 10.9. The average molecular weight is 412 g/mol. The van der Waals surface area contributed by atoms with Crippen molar-refractivity contribution >= 4 is 11.6 Å². The highest BCUT2D eigenvalue weighted by molar-refractivity contribution is 6.01. The Hall–Kier alpha value is -3.41. The lowest BCUT2D eigenvalue weighted by molar-refractivity contribution is 0.0710. The predicted octanol–water partition coefficient (Wildman–Crippen LogP) is 3.77. The van der Waals surface area contributed by atoms with E-state index in [9.17, 15) is 4.79 Å². The number of carbonyl (C=O) groups excluding carboxylic acids is 1. The van der Waals surface area contributed by atoms with Gasteiger partial charge < -0.3 is 14.5 Å². The summed E-state index contributed by atoms with van der Waals surface area (Å²) in [4.78, 5) is 18.2. The van der Waals surface area contributed by atoms with E-state index in [1.54, 1.807) is 6.20 Å². The van der Waals surface area contributed by atoms with Crippen molar-refractivity contribution in [2.45, 2.75) is 19.4 Å². The van der Waals surface area contributed by atoms with Crippen LogP contribution in [0.15, 0.2) is 60.8 Å². The number of hydrogen-bond acceptors (Lipinski definition) is 5. The topological polar surface area (TPSA) is 58.6 Å². The molecule has 0 bridgehead atoms. The highest BCUT2D eigenvalue weighted by Crippen LogP contribution is 2.51. The molecule has 1 aromatic heterocycles. The van der Waals surface area contributed by atoms with Gasteiger partial charge in [-0.25, -0.2) is 0 Å². The molecular weight excluding hydrogens is 388 g/mol. The SMILES string of the molecule is Cc1ccc(-c2cccnn2)c(C(=O)N2CC3CC3C2CN2COc3ccccc32)c1. The van der Waals surface area contributed by atoms with E-state index in [2.05, 4.69) is 26.1 Å². The summed E-state index contributed by atoms with van der Waals surface area (Å²) in [5, 5.41) is 8.26. The van der Waals surface area contributed by atoms with Gasteiger partial charge in [0.05, 0.1) is 17.4 Å². The number of rotatable bonds is 4. The third-order valence-electron chi connectivity index (χ3n) is 6.81. The normalized spacial score (nSPS) is 23.3. The minimum atomic E-state index is 0.0925. The van der Waals surface area contributed by atoms with E-state index in [1.165, 1.54) is 6.42 Å². The lowest BCUT2D eigenvalue weighted by Crippen LogP contribution is -2.45. The molecule has 0 N–H and O–H groups in total. The number of aromatic nitrogens is 2. The van der Waals surface area contributed by atoms with Crippen molar-refractivity contribution in [3.8, 4) is 17.0 Å². The number of piperidine rings is 1. The highest BCUT2D eigenvalue weighted by atomic mass is 16.5. The van der Waals surface area contributed by atoms with Gasteiger partial charge in [-0.15, -0.1) is 0 Å². The fourth-order valence-electron chi connectivity index (χ4n) is 5.13. The molecule has 2 aliphatic heterocycles. The summed E-state index contributed by atoms with van der Waals surface area (Å²) in [6.45, 7) is 4.20. The molecule has 0 spiro atoms. The van der Waals surface area contributed by atoms with Crippen LogP contribution in [-0.2, 0) is 0 Å². The number of amides is 1. The fraction of sp³-hybridized carbons (Fsp3) is 0.320. The summed E-state index contributed by atoms with van der Waals surface area (Å²) in [5.74, 6) is 2.23. The Bertz CT molecular complexity index is 1150. The maximum atomic E-state index is 13.8. The van der Waals surface area contributed by atoms with Crippen LogP contribution in [0.1, 0.15) is 22.3 Å². The van der Waals surface area contributed by atoms with E-state index in [0.29, 0.717) is 24.1 Å². The largest absolute Gasteiger partial charge is 0.471 e. The maximum absolute atomic E-state index is 13.8. The average Bonchev–Trinajstić information content (AvgIpc) is 3.32. The summed E-state index contributed by atoms with van der Waals surface area (Å²) in [7, 11) is 0. The second-order valence-corrected chi connectivity index (χ2v) is 8.81. The maximum Gasteiger partial charge on any atom is 0.254 e. The van der Waals surface area contributed by atoms with E-state index >= 15 is 0 Å². The molecule has 3 aliphatic rings. The van der Waals surface area contributed by atoms with E-state index in [1.807, 2.05) is 55.5 Å². The van der Waals surface area contributed by atoms with Crippen LogP contribution in [-0.4, -0.2) is 46.9 Å². The van der Waals surface area contributed by atoms with Gasteiger partial charge in [0.2, 0.25) is 0 Å². The summed E-state index contributed by atoms with van der Waals surface area (Å²) >= 11 is 0. The van der Waals surface area contributed by atoms with Crippen LogP contribution >= 0.6 is 0 Å². The van der Waals surface area contributed by atoms with Crippen LogP contribution in [0.2, 0.25) is 0 Å². The molecule has 1 saturated heterocycles. The minimum absolute atomic E-state index is 0.0925. The van der Waals surface area contributed by atoms with Crippen molar-refractivity contribution in [1.29, 1.82) is 0 Å². The van der Waals surface area contributed by atoms with Crippen molar-refractivity contribution in [1.82, 2.24) is 15.1 Å². The Morgan fingerprint density at radius 1 is 1.16 bits per heavy atom. The number of para-hydroxylation sites is 2.